The van der Waals surface area contributed by atoms with Gasteiger partial charge in [0.25, 0.3) is 5.69 Å². The van der Waals surface area contributed by atoms with Crippen molar-refractivity contribution in [3.05, 3.63) is 33.9 Å². The number of nitrogens with two attached hydrogens (primary N) is 1. The fraction of sp³-hybridized carbons (Fsp3) is 0.538. The SMILES string of the molecule is CC(C)CC(CN)NS(=O)(=O)c1ccc([N+](=O)[O-])cc1C(F)(F)F.Cl. The van der Waals surface area contributed by atoms with Gasteiger partial charge in [-0.15, -0.1) is 12.4 Å². The van der Waals surface area contributed by atoms with Crippen molar-refractivity contribution in [1.29, 1.82) is 0 Å². The Kier molecular flexibility index (Phi) is 8.28. The van der Waals surface area contributed by atoms with Crippen LogP contribution in [-0.4, -0.2) is 25.9 Å². The van der Waals surface area contributed by atoms with Crippen LogP contribution in [0, 0.1) is 16.0 Å². The minimum Gasteiger partial charge on any atom is -0.329 e. The lowest BCUT2D eigenvalue weighted by Gasteiger charge is -2.20. The predicted molar refractivity (Wildman–Crippen MR) is 88.0 cm³/mol. The smallest absolute Gasteiger partial charge is 0.329 e. The largest absolute Gasteiger partial charge is 0.417 e. The summed E-state index contributed by atoms with van der Waals surface area (Å²) in [6.45, 7) is 3.53. The highest BCUT2D eigenvalue weighted by molar-refractivity contribution is 7.89. The Bertz CT molecular complexity index is 711. The molecule has 1 unspecified atom stereocenters. The number of halogens is 4. The predicted octanol–water partition coefficient (Wildman–Crippen LogP) is 2.69. The molecule has 0 aliphatic heterocycles. The van der Waals surface area contributed by atoms with E-state index in [-0.39, 0.29) is 30.9 Å². The molecule has 0 spiro atoms. The van der Waals surface area contributed by atoms with Crippen molar-refractivity contribution in [2.45, 2.75) is 37.4 Å². The molecule has 0 amide bonds. The zero-order chi connectivity index (χ0) is 18.7. The van der Waals surface area contributed by atoms with Crippen LogP contribution in [-0.2, 0) is 16.2 Å². The van der Waals surface area contributed by atoms with Crippen molar-refractivity contribution in [3.8, 4) is 0 Å². The van der Waals surface area contributed by atoms with E-state index in [1.807, 2.05) is 13.8 Å². The number of sulfonamides is 1. The summed E-state index contributed by atoms with van der Waals surface area (Å²) in [7, 11) is -4.55. The molecule has 0 fully saturated rings. The van der Waals surface area contributed by atoms with E-state index in [2.05, 4.69) is 4.72 Å². The van der Waals surface area contributed by atoms with Gasteiger partial charge in [0.1, 0.15) is 0 Å². The van der Waals surface area contributed by atoms with Crippen LogP contribution in [0.4, 0.5) is 18.9 Å². The average molecular weight is 406 g/mol. The van der Waals surface area contributed by atoms with E-state index in [1.54, 1.807) is 0 Å². The number of benzene rings is 1. The van der Waals surface area contributed by atoms with Gasteiger partial charge in [0.05, 0.1) is 15.4 Å². The molecule has 0 bridgehead atoms. The molecule has 1 aromatic rings. The van der Waals surface area contributed by atoms with Gasteiger partial charge >= 0.3 is 6.18 Å². The van der Waals surface area contributed by atoms with E-state index in [9.17, 15) is 31.7 Å². The topological polar surface area (TPSA) is 115 Å². The number of nitro groups is 1. The first-order valence-corrected chi connectivity index (χ1v) is 8.44. The normalized spacial score (nSPS) is 13.4. The van der Waals surface area contributed by atoms with Gasteiger partial charge in [0, 0.05) is 24.7 Å². The Hall–Kier alpha value is -1.43. The summed E-state index contributed by atoms with van der Waals surface area (Å²) >= 11 is 0. The number of nitrogens with one attached hydrogen (secondary N) is 1. The molecule has 12 heteroatoms. The number of non-ortho nitro benzene ring substituents is 1. The van der Waals surface area contributed by atoms with E-state index in [0.29, 0.717) is 18.6 Å². The Labute approximate surface area is 149 Å². The second-order valence-electron chi connectivity index (χ2n) is 5.62. The van der Waals surface area contributed by atoms with Crippen molar-refractivity contribution in [3.63, 3.8) is 0 Å². The van der Waals surface area contributed by atoms with Crippen molar-refractivity contribution in [2.75, 3.05) is 6.54 Å². The zero-order valence-corrected chi connectivity index (χ0v) is 15.0. The molecule has 1 rings (SSSR count). The van der Waals surface area contributed by atoms with E-state index in [0.717, 1.165) is 0 Å². The highest BCUT2D eigenvalue weighted by Gasteiger charge is 2.39. The molecule has 7 nitrogen and oxygen atoms in total. The van der Waals surface area contributed by atoms with Crippen LogP contribution in [0.5, 0.6) is 0 Å². The maximum atomic E-state index is 13.1. The number of nitro benzene ring substituents is 1. The third kappa shape index (κ3) is 6.42. The summed E-state index contributed by atoms with van der Waals surface area (Å²) in [5.41, 5.74) is 3.01. The van der Waals surface area contributed by atoms with E-state index in [4.69, 9.17) is 5.73 Å². The molecule has 0 radical (unpaired) electrons. The molecule has 0 heterocycles. The maximum Gasteiger partial charge on any atom is 0.417 e. The second kappa shape index (κ2) is 8.79. The van der Waals surface area contributed by atoms with Crippen LogP contribution in [0.2, 0.25) is 0 Å². The lowest BCUT2D eigenvalue weighted by atomic mass is 10.1. The quantitative estimate of drug-likeness (QED) is 0.534. The monoisotopic (exact) mass is 405 g/mol. The van der Waals surface area contributed by atoms with Gasteiger partial charge in [-0.25, -0.2) is 13.1 Å². The van der Waals surface area contributed by atoms with Crippen LogP contribution >= 0.6 is 12.4 Å². The molecule has 0 saturated carbocycles. The summed E-state index contributed by atoms with van der Waals surface area (Å²) in [5, 5.41) is 10.6. The fourth-order valence-electron chi connectivity index (χ4n) is 2.13. The van der Waals surface area contributed by atoms with E-state index < -0.39 is 43.3 Å². The first-order valence-electron chi connectivity index (χ1n) is 6.96. The first kappa shape index (κ1) is 23.6. The minimum atomic E-state index is -5.06. The van der Waals surface area contributed by atoms with Crippen molar-refractivity contribution in [1.82, 2.24) is 4.72 Å². The average Bonchev–Trinajstić information content (AvgIpc) is 2.44. The van der Waals surface area contributed by atoms with Crippen LogP contribution in [0.3, 0.4) is 0 Å². The number of alkyl halides is 3. The molecule has 1 aromatic carbocycles. The first-order chi connectivity index (χ1) is 10.9. The van der Waals surface area contributed by atoms with Gasteiger partial charge in [-0.2, -0.15) is 13.2 Å². The molecule has 0 aromatic heterocycles. The van der Waals surface area contributed by atoms with E-state index in [1.165, 1.54) is 0 Å². The summed E-state index contributed by atoms with van der Waals surface area (Å²) in [6, 6.07) is 0.746. The van der Waals surface area contributed by atoms with Gasteiger partial charge < -0.3 is 5.73 Å². The third-order valence-corrected chi connectivity index (χ3v) is 4.71. The Morgan fingerprint density at radius 1 is 1.32 bits per heavy atom. The molecular formula is C13H19ClF3N3O4S. The molecule has 0 aliphatic carbocycles. The van der Waals surface area contributed by atoms with Crippen LogP contribution in [0.15, 0.2) is 23.1 Å². The van der Waals surface area contributed by atoms with Gasteiger partial charge in [0.15, 0.2) is 0 Å². The Morgan fingerprint density at radius 2 is 1.88 bits per heavy atom. The van der Waals surface area contributed by atoms with Crippen molar-refractivity contribution >= 4 is 28.1 Å². The lowest BCUT2D eigenvalue weighted by Crippen LogP contribution is -2.41. The third-order valence-electron chi connectivity index (χ3n) is 3.13. The van der Waals surface area contributed by atoms with Crippen LogP contribution in [0.1, 0.15) is 25.8 Å². The summed E-state index contributed by atoms with van der Waals surface area (Å²) < 4.78 is 66.1. The van der Waals surface area contributed by atoms with Gasteiger partial charge in [-0.05, 0) is 18.4 Å². The highest BCUT2D eigenvalue weighted by Crippen LogP contribution is 2.36. The van der Waals surface area contributed by atoms with Gasteiger partial charge in [-0.3, -0.25) is 10.1 Å². The minimum absolute atomic E-state index is 0. The maximum absolute atomic E-state index is 13.1. The van der Waals surface area contributed by atoms with Gasteiger partial charge in [-0.1, -0.05) is 13.8 Å². The number of hydrogen-bond acceptors (Lipinski definition) is 5. The number of rotatable bonds is 7. The van der Waals surface area contributed by atoms with Crippen LogP contribution in [0.25, 0.3) is 0 Å². The number of hydrogen-bond donors (Lipinski definition) is 2. The van der Waals surface area contributed by atoms with E-state index >= 15 is 0 Å². The Balaban J connectivity index is 0.00000576. The number of nitrogens with zero attached hydrogens (tertiary/aromatic N) is 1. The molecule has 1 atom stereocenters. The summed E-state index contributed by atoms with van der Waals surface area (Å²) in [6.07, 6.45) is -4.73. The lowest BCUT2D eigenvalue weighted by molar-refractivity contribution is -0.385. The van der Waals surface area contributed by atoms with Crippen molar-refractivity contribution in [2.24, 2.45) is 11.7 Å². The molecule has 0 aliphatic rings. The van der Waals surface area contributed by atoms with Crippen molar-refractivity contribution < 1.29 is 26.5 Å². The van der Waals surface area contributed by atoms with Crippen LogP contribution < -0.4 is 10.5 Å². The summed E-state index contributed by atoms with van der Waals surface area (Å²) in [5.74, 6) is 0.0696. The summed E-state index contributed by atoms with van der Waals surface area (Å²) in [4.78, 5) is 8.55. The second-order valence-corrected chi connectivity index (χ2v) is 7.30. The Morgan fingerprint density at radius 3 is 2.28 bits per heavy atom. The molecule has 25 heavy (non-hydrogen) atoms. The van der Waals surface area contributed by atoms with Gasteiger partial charge in [0.2, 0.25) is 10.0 Å². The standard InChI is InChI=1S/C13H18F3N3O4S.ClH/c1-8(2)5-9(7-17)18-24(22,23)12-4-3-10(19(20)21)6-11(12)13(14,15)16;/h3-4,6,8-9,18H,5,7,17H2,1-2H3;1H. The molecule has 144 valence electrons. The molecule has 3 N–H and O–H groups in total. The zero-order valence-electron chi connectivity index (χ0n) is 13.4. The molecular weight excluding hydrogens is 387 g/mol. The highest BCUT2D eigenvalue weighted by atomic mass is 35.5. The fourth-order valence-corrected chi connectivity index (χ4v) is 3.60. The molecule has 0 saturated heterocycles.